The number of thioether (sulfide) groups is 1. The van der Waals surface area contributed by atoms with Crippen molar-refractivity contribution in [1.29, 1.82) is 0 Å². The number of hydrogen-bond acceptors (Lipinski definition) is 5. The first-order valence-electron chi connectivity index (χ1n) is 7.13. The first-order valence-corrected chi connectivity index (χ1v) is 9.92. The summed E-state index contributed by atoms with van der Waals surface area (Å²) in [6.07, 6.45) is 0. The molecule has 0 spiro atoms. The van der Waals surface area contributed by atoms with Gasteiger partial charge < -0.3 is 4.90 Å². The van der Waals surface area contributed by atoms with Gasteiger partial charge in [-0.1, -0.05) is 23.2 Å². The molecule has 1 aliphatic heterocycles. The maximum atomic E-state index is 12.4. The first-order chi connectivity index (χ1) is 11.5. The number of nitrogens with zero attached hydrogens (tertiary/aromatic N) is 2. The average Bonchev–Trinajstić information content (AvgIpc) is 3.03. The molecule has 126 valence electrons. The minimum Gasteiger partial charge on any atom is -0.336 e. The number of amides is 2. The lowest BCUT2D eigenvalue weighted by Crippen LogP contribution is -2.38. The second-order valence-electron chi connectivity index (χ2n) is 5.02. The van der Waals surface area contributed by atoms with Gasteiger partial charge in [-0.2, -0.15) is 11.8 Å². The zero-order valence-electron chi connectivity index (χ0n) is 12.4. The van der Waals surface area contributed by atoms with Gasteiger partial charge in [0.05, 0.1) is 10.6 Å². The van der Waals surface area contributed by atoms with E-state index in [2.05, 4.69) is 10.3 Å². The van der Waals surface area contributed by atoms with Crippen LogP contribution in [0.2, 0.25) is 10.0 Å². The number of nitrogens with one attached hydrogen (secondary N) is 1. The molecule has 0 saturated carbocycles. The highest BCUT2D eigenvalue weighted by Gasteiger charge is 2.21. The second kappa shape index (κ2) is 7.74. The Hall–Kier alpha value is -1.28. The fourth-order valence-electron chi connectivity index (χ4n) is 2.20. The molecular formula is C15H13Cl2N3O2S2. The molecule has 1 aliphatic rings. The van der Waals surface area contributed by atoms with Crippen LogP contribution in [0.25, 0.3) is 0 Å². The number of thiazole rings is 1. The Balaban J connectivity index is 1.69. The van der Waals surface area contributed by atoms with Crippen LogP contribution < -0.4 is 5.32 Å². The van der Waals surface area contributed by atoms with Crippen LogP contribution in [0.4, 0.5) is 5.13 Å². The second-order valence-corrected chi connectivity index (χ2v) is 7.95. The third-order valence-corrected chi connectivity index (χ3v) is 5.67. The third-order valence-electron chi connectivity index (χ3n) is 3.42. The lowest BCUT2D eigenvalue weighted by Gasteiger charge is -2.25. The maximum absolute atomic E-state index is 12.4. The van der Waals surface area contributed by atoms with Crippen LogP contribution >= 0.6 is 46.3 Å². The lowest BCUT2D eigenvalue weighted by molar-refractivity contribution is 0.0767. The van der Waals surface area contributed by atoms with E-state index in [0.717, 1.165) is 24.6 Å². The molecule has 9 heteroatoms. The van der Waals surface area contributed by atoms with Crippen molar-refractivity contribution >= 4 is 63.2 Å². The fraction of sp³-hybridized carbons (Fsp3) is 0.267. The van der Waals surface area contributed by atoms with Crippen molar-refractivity contribution in [2.45, 2.75) is 0 Å². The molecule has 5 nitrogen and oxygen atoms in total. The monoisotopic (exact) mass is 401 g/mol. The zero-order valence-corrected chi connectivity index (χ0v) is 15.6. The third kappa shape index (κ3) is 4.03. The summed E-state index contributed by atoms with van der Waals surface area (Å²) in [7, 11) is 0. The summed E-state index contributed by atoms with van der Waals surface area (Å²) in [5.74, 6) is 1.39. The Morgan fingerprint density at radius 2 is 1.96 bits per heavy atom. The van der Waals surface area contributed by atoms with Gasteiger partial charge in [0.15, 0.2) is 5.13 Å². The zero-order chi connectivity index (χ0) is 17.1. The highest BCUT2D eigenvalue weighted by atomic mass is 35.5. The molecule has 24 heavy (non-hydrogen) atoms. The van der Waals surface area contributed by atoms with Gasteiger partial charge in [-0.05, 0) is 18.2 Å². The van der Waals surface area contributed by atoms with E-state index in [1.54, 1.807) is 22.4 Å². The number of rotatable bonds is 3. The van der Waals surface area contributed by atoms with Gasteiger partial charge in [0.2, 0.25) is 0 Å². The van der Waals surface area contributed by atoms with Gasteiger partial charge >= 0.3 is 0 Å². The number of benzene rings is 1. The molecule has 0 bridgehead atoms. The summed E-state index contributed by atoms with van der Waals surface area (Å²) in [5.41, 5.74) is 0.654. The molecule has 0 atom stereocenters. The van der Waals surface area contributed by atoms with Gasteiger partial charge in [-0.15, -0.1) is 11.3 Å². The Labute approximate surface area is 157 Å². The summed E-state index contributed by atoms with van der Waals surface area (Å²) < 4.78 is 0. The standard InChI is InChI=1S/C15H13Cl2N3O2S2/c16-9-1-2-10(11(17)7-9)13(21)19-15-18-12(8-24-15)14(22)20-3-5-23-6-4-20/h1-2,7-8H,3-6H2,(H,18,19,21). The van der Waals surface area contributed by atoms with Crippen LogP contribution in [-0.2, 0) is 0 Å². The van der Waals surface area contributed by atoms with Crippen molar-refractivity contribution in [3.63, 3.8) is 0 Å². The first kappa shape index (κ1) is 17.5. The Bertz CT molecular complexity index is 776. The topological polar surface area (TPSA) is 62.3 Å². The number of anilines is 1. The van der Waals surface area contributed by atoms with Crippen molar-refractivity contribution in [2.24, 2.45) is 0 Å². The van der Waals surface area contributed by atoms with E-state index in [1.807, 2.05) is 11.8 Å². The van der Waals surface area contributed by atoms with Crippen LogP contribution in [-0.4, -0.2) is 46.3 Å². The van der Waals surface area contributed by atoms with E-state index in [-0.39, 0.29) is 16.8 Å². The molecule has 0 radical (unpaired) electrons. The Morgan fingerprint density at radius 1 is 1.21 bits per heavy atom. The van der Waals surface area contributed by atoms with Crippen molar-refractivity contribution in [3.05, 3.63) is 44.9 Å². The van der Waals surface area contributed by atoms with Crippen LogP contribution in [0.3, 0.4) is 0 Å². The molecule has 1 N–H and O–H groups in total. The normalized spacial score (nSPS) is 14.5. The van der Waals surface area contributed by atoms with E-state index < -0.39 is 0 Å². The maximum Gasteiger partial charge on any atom is 0.273 e. The summed E-state index contributed by atoms with van der Waals surface area (Å²) >= 11 is 14.9. The Morgan fingerprint density at radius 3 is 2.67 bits per heavy atom. The summed E-state index contributed by atoms with van der Waals surface area (Å²) in [4.78, 5) is 30.6. The van der Waals surface area contributed by atoms with Crippen molar-refractivity contribution < 1.29 is 9.59 Å². The van der Waals surface area contributed by atoms with Gasteiger partial charge in [0, 0.05) is 35.0 Å². The van der Waals surface area contributed by atoms with E-state index in [0.29, 0.717) is 21.4 Å². The molecule has 1 aromatic heterocycles. The van der Waals surface area contributed by atoms with E-state index in [9.17, 15) is 9.59 Å². The molecule has 1 fully saturated rings. The van der Waals surface area contributed by atoms with Crippen molar-refractivity contribution in [2.75, 3.05) is 29.9 Å². The smallest absolute Gasteiger partial charge is 0.273 e. The Kier molecular flexibility index (Phi) is 5.65. The highest BCUT2D eigenvalue weighted by molar-refractivity contribution is 7.99. The minimum atomic E-state index is -0.389. The lowest BCUT2D eigenvalue weighted by atomic mass is 10.2. The van der Waals surface area contributed by atoms with E-state index >= 15 is 0 Å². The predicted molar refractivity (Wildman–Crippen MR) is 99.8 cm³/mol. The van der Waals surface area contributed by atoms with Crippen LogP contribution in [0.5, 0.6) is 0 Å². The largest absolute Gasteiger partial charge is 0.336 e. The van der Waals surface area contributed by atoms with E-state index in [1.165, 1.54) is 17.4 Å². The molecule has 2 heterocycles. The molecule has 1 aromatic carbocycles. The van der Waals surface area contributed by atoms with Crippen LogP contribution in [0.1, 0.15) is 20.8 Å². The molecule has 0 aliphatic carbocycles. The van der Waals surface area contributed by atoms with Gasteiger partial charge in [-0.3, -0.25) is 14.9 Å². The number of carbonyl (C=O) groups is 2. The van der Waals surface area contributed by atoms with E-state index in [4.69, 9.17) is 23.2 Å². The van der Waals surface area contributed by atoms with Crippen molar-refractivity contribution in [1.82, 2.24) is 9.88 Å². The molecule has 0 unspecified atom stereocenters. The quantitative estimate of drug-likeness (QED) is 0.846. The van der Waals surface area contributed by atoms with Crippen molar-refractivity contribution in [3.8, 4) is 0 Å². The molecule has 1 saturated heterocycles. The average molecular weight is 402 g/mol. The summed E-state index contributed by atoms with van der Waals surface area (Å²) in [6.45, 7) is 1.45. The number of hydrogen-bond donors (Lipinski definition) is 1. The highest BCUT2D eigenvalue weighted by Crippen LogP contribution is 2.23. The molecule has 3 rings (SSSR count). The molecule has 2 aromatic rings. The van der Waals surface area contributed by atoms with Gasteiger partial charge in [0.25, 0.3) is 11.8 Å². The fourth-order valence-corrected chi connectivity index (χ4v) is 4.27. The number of carbonyl (C=O) groups excluding carboxylic acids is 2. The number of aromatic nitrogens is 1. The van der Waals surface area contributed by atoms with Crippen LogP contribution in [0, 0.1) is 0 Å². The van der Waals surface area contributed by atoms with Gasteiger partial charge in [0.1, 0.15) is 5.69 Å². The summed E-state index contributed by atoms with van der Waals surface area (Å²) in [6, 6.07) is 4.64. The molecular weight excluding hydrogens is 389 g/mol. The summed E-state index contributed by atoms with van der Waals surface area (Å²) in [5, 5.41) is 5.40. The van der Waals surface area contributed by atoms with Gasteiger partial charge in [-0.25, -0.2) is 4.98 Å². The minimum absolute atomic E-state index is 0.100. The molecule has 2 amide bonds. The number of halogens is 2. The SMILES string of the molecule is O=C(Nc1nc(C(=O)N2CCSCC2)cs1)c1ccc(Cl)cc1Cl. The van der Waals surface area contributed by atoms with Crippen LogP contribution in [0.15, 0.2) is 23.6 Å². The predicted octanol–water partition coefficient (Wildman–Crippen LogP) is 3.89.